The quantitative estimate of drug-likeness (QED) is 0.658. The van der Waals surface area contributed by atoms with Crippen molar-refractivity contribution in [3.8, 4) is 5.82 Å². The van der Waals surface area contributed by atoms with Gasteiger partial charge in [-0.05, 0) is 19.1 Å². The lowest BCUT2D eigenvalue weighted by molar-refractivity contribution is 0.0959. The number of aromatic nitrogens is 4. The van der Waals surface area contributed by atoms with E-state index in [9.17, 15) is 4.79 Å². The molecule has 0 saturated carbocycles. The Morgan fingerprint density at radius 2 is 2.17 bits per heavy atom. The first kappa shape index (κ1) is 16.4. The highest BCUT2D eigenvalue weighted by Gasteiger charge is 2.08. The molecule has 3 aromatic rings. The number of thiophene rings is 1. The van der Waals surface area contributed by atoms with Crippen LogP contribution in [0.5, 0.6) is 0 Å². The number of rotatable bonds is 6. The van der Waals surface area contributed by atoms with Crippen LogP contribution in [-0.4, -0.2) is 38.5 Å². The summed E-state index contributed by atoms with van der Waals surface area (Å²) in [7, 11) is 0. The maximum atomic E-state index is 11.9. The first-order valence-corrected chi connectivity index (χ1v) is 8.43. The zero-order valence-electron chi connectivity index (χ0n) is 12.9. The van der Waals surface area contributed by atoms with Crippen LogP contribution in [0.2, 0.25) is 4.34 Å². The van der Waals surface area contributed by atoms with E-state index in [-0.39, 0.29) is 5.91 Å². The summed E-state index contributed by atoms with van der Waals surface area (Å²) in [6.45, 7) is 2.92. The SMILES string of the molecule is Cc1nccn1-c1cc(NCCNC(=O)c2ccc(Cl)s2)ncn1. The lowest BCUT2D eigenvalue weighted by Crippen LogP contribution is -2.28. The van der Waals surface area contributed by atoms with Crippen LogP contribution in [0.25, 0.3) is 5.82 Å². The molecule has 7 nitrogen and oxygen atoms in total. The molecule has 3 rings (SSSR count). The predicted octanol–water partition coefficient (Wildman–Crippen LogP) is 2.53. The summed E-state index contributed by atoms with van der Waals surface area (Å²) in [5.74, 6) is 2.13. The van der Waals surface area contributed by atoms with Gasteiger partial charge >= 0.3 is 0 Å². The van der Waals surface area contributed by atoms with Crippen molar-refractivity contribution in [2.45, 2.75) is 6.92 Å². The summed E-state index contributed by atoms with van der Waals surface area (Å²) in [6.07, 6.45) is 5.05. The van der Waals surface area contributed by atoms with Crippen LogP contribution < -0.4 is 10.6 Å². The zero-order chi connectivity index (χ0) is 16.9. The van der Waals surface area contributed by atoms with Gasteiger partial charge in [-0.15, -0.1) is 11.3 Å². The van der Waals surface area contributed by atoms with Crippen LogP contribution in [-0.2, 0) is 0 Å². The van der Waals surface area contributed by atoms with Crippen molar-refractivity contribution in [3.63, 3.8) is 0 Å². The van der Waals surface area contributed by atoms with Gasteiger partial charge in [0.15, 0.2) is 0 Å². The molecule has 0 bridgehead atoms. The average molecular weight is 363 g/mol. The standard InChI is InChI=1S/C15H15ClN6OS/c1-10-17-6-7-22(10)14-8-13(20-9-21-14)18-4-5-19-15(23)11-2-3-12(16)24-11/h2-3,6-9H,4-5H2,1H3,(H,19,23)(H,18,20,21). The number of amides is 1. The van der Waals surface area contributed by atoms with Gasteiger partial charge in [0.05, 0.1) is 9.21 Å². The van der Waals surface area contributed by atoms with Crippen molar-refractivity contribution in [2.75, 3.05) is 18.4 Å². The van der Waals surface area contributed by atoms with Gasteiger partial charge in [0, 0.05) is 31.5 Å². The molecule has 124 valence electrons. The molecule has 0 aromatic carbocycles. The number of nitrogens with zero attached hydrogens (tertiary/aromatic N) is 4. The highest BCUT2D eigenvalue weighted by atomic mass is 35.5. The number of carbonyl (C=O) groups excluding carboxylic acids is 1. The fraction of sp³-hybridized carbons (Fsp3) is 0.200. The van der Waals surface area contributed by atoms with Crippen LogP contribution in [0.3, 0.4) is 0 Å². The number of hydrogen-bond acceptors (Lipinski definition) is 6. The minimum absolute atomic E-state index is 0.133. The van der Waals surface area contributed by atoms with E-state index in [1.54, 1.807) is 18.3 Å². The van der Waals surface area contributed by atoms with Crippen LogP contribution in [0.4, 0.5) is 5.82 Å². The highest BCUT2D eigenvalue weighted by Crippen LogP contribution is 2.20. The normalized spacial score (nSPS) is 10.6. The number of halogens is 1. The Hall–Kier alpha value is -2.45. The summed E-state index contributed by atoms with van der Waals surface area (Å²) in [5, 5.41) is 5.98. The molecule has 0 aliphatic rings. The van der Waals surface area contributed by atoms with Crippen molar-refractivity contribution in [2.24, 2.45) is 0 Å². The maximum absolute atomic E-state index is 11.9. The topological polar surface area (TPSA) is 84.7 Å². The summed E-state index contributed by atoms with van der Waals surface area (Å²) in [5.41, 5.74) is 0. The van der Waals surface area contributed by atoms with E-state index in [2.05, 4.69) is 25.6 Å². The molecule has 3 aromatic heterocycles. The van der Waals surface area contributed by atoms with Gasteiger partial charge in [-0.2, -0.15) is 0 Å². The van der Waals surface area contributed by atoms with Crippen LogP contribution in [0.15, 0.2) is 36.9 Å². The third-order valence-corrected chi connectivity index (χ3v) is 4.47. The lowest BCUT2D eigenvalue weighted by Gasteiger charge is -2.08. The van der Waals surface area contributed by atoms with Gasteiger partial charge in [-0.3, -0.25) is 9.36 Å². The molecule has 9 heteroatoms. The molecule has 0 saturated heterocycles. The van der Waals surface area contributed by atoms with Crippen LogP contribution >= 0.6 is 22.9 Å². The van der Waals surface area contributed by atoms with Crippen molar-refractivity contribution < 1.29 is 4.79 Å². The highest BCUT2D eigenvalue weighted by molar-refractivity contribution is 7.17. The van der Waals surface area contributed by atoms with E-state index in [1.165, 1.54) is 17.7 Å². The number of imidazole rings is 1. The zero-order valence-corrected chi connectivity index (χ0v) is 14.4. The molecule has 0 spiro atoms. The van der Waals surface area contributed by atoms with E-state index < -0.39 is 0 Å². The fourth-order valence-electron chi connectivity index (χ4n) is 2.09. The molecule has 0 aliphatic heterocycles. The monoisotopic (exact) mass is 362 g/mol. The second-order valence-corrected chi connectivity index (χ2v) is 6.61. The number of aryl methyl sites for hydroxylation is 1. The van der Waals surface area contributed by atoms with E-state index >= 15 is 0 Å². The Kier molecular flexibility index (Phi) is 5.07. The summed E-state index contributed by atoms with van der Waals surface area (Å²) in [6, 6.07) is 5.25. The fourth-order valence-corrected chi connectivity index (χ4v) is 3.05. The number of nitrogens with one attached hydrogen (secondary N) is 2. The number of carbonyl (C=O) groups is 1. The largest absolute Gasteiger partial charge is 0.368 e. The summed E-state index contributed by atoms with van der Waals surface area (Å²) >= 11 is 7.08. The van der Waals surface area contributed by atoms with E-state index in [1.807, 2.05) is 23.8 Å². The Morgan fingerprint density at radius 3 is 2.88 bits per heavy atom. The van der Waals surface area contributed by atoms with Crippen molar-refractivity contribution in [3.05, 3.63) is 52.0 Å². The molecule has 24 heavy (non-hydrogen) atoms. The molecule has 0 atom stereocenters. The number of anilines is 1. The van der Waals surface area contributed by atoms with Gasteiger partial charge < -0.3 is 10.6 Å². The molecule has 1 amide bonds. The molecule has 0 radical (unpaired) electrons. The van der Waals surface area contributed by atoms with Crippen LogP contribution in [0, 0.1) is 6.92 Å². The Morgan fingerprint density at radius 1 is 1.29 bits per heavy atom. The summed E-state index contributed by atoms with van der Waals surface area (Å²) < 4.78 is 2.47. The lowest BCUT2D eigenvalue weighted by atomic mass is 10.4. The Bertz CT molecular complexity index is 846. The minimum atomic E-state index is -0.133. The maximum Gasteiger partial charge on any atom is 0.261 e. The van der Waals surface area contributed by atoms with Gasteiger partial charge in [0.25, 0.3) is 5.91 Å². The van der Waals surface area contributed by atoms with Crippen molar-refractivity contribution in [1.29, 1.82) is 0 Å². The van der Waals surface area contributed by atoms with E-state index in [4.69, 9.17) is 11.6 Å². The van der Waals surface area contributed by atoms with Crippen molar-refractivity contribution >= 4 is 34.7 Å². The third kappa shape index (κ3) is 3.90. The van der Waals surface area contributed by atoms with E-state index in [0.29, 0.717) is 28.1 Å². The van der Waals surface area contributed by atoms with Gasteiger partial charge in [-0.1, -0.05) is 11.6 Å². The first-order valence-electron chi connectivity index (χ1n) is 7.23. The Labute approximate surface area is 147 Å². The number of hydrogen-bond donors (Lipinski definition) is 2. The molecular formula is C15H15ClN6OS. The molecule has 2 N–H and O–H groups in total. The third-order valence-electron chi connectivity index (χ3n) is 3.24. The van der Waals surface area contributed by atoms with Gasteiger partial charge in [0.1, 0.15) is 23.8 Å². The summed E-state index contributed by atoms with van der Waals surface area (Å²) in [4.78, 5) is 25.1. The first-order chi connectivity index (χ1) is 11.6. The second kappa shape index (κ2) is 7.41. The van der Waals surface area contributed by atoms with Gasteiger partial charge in [-0.25, -0.2) is 15.0 Å². The molecule has 0 fully saturated rings. The molecule has 0 aliphatic carbocycles. The average Bonchev–Trinajstić information content (AvgIpc) is 3.20. The molecule has 0 unspecified atom stereocenters. The predicted molar refractivity (Wildman–Crippen MR) is 94.0 cm³/mol. The van der Waals surface area contributed by atoms with E-state index in [0.717, 1.165) is 11.6 Å². The Balaban J connectivity index is 1.52. The van der Waals surface area contributed by atoms with Crippen molar-refractivity contribution in [1.82, 2.24) is 24.8 Å². The smallest absolute Gasteiger partial charge is 0.261 e. The van der Waals surface area contributed by atoms with Crippen LogP contribution in [0.1, 0.15) is 15.5 Å². The second-order valence-electron chi connectivity index (χ2n) is 4.89. The molecule has 3 heterocycles. The van der Waals surface area contributed by atoms with Gasteiger partial charge in [0.2, 0.25) is 0 Å². The minimum Gasteiger partial charge on any atom is -0.368 e. The molecular weight excluding hydrogens is 348 g/mol.